The van der Waals surface area contributed by atoms with Crippen LogP contribution in [0.25, 0.3) is 33.8 Å². The Morgan fingerprint density at radius 2 is 1.36 bits per heavy atom. The average Bonchev–Trinajstić information content (AvgIpc) is 3.26. The zero-order chi connectivity index (χ0) is 14.8. The fourth-order valence-corrected chi connectivity index (χ4v) is 2.70. The lowest BCUT2D eigenvalue weighted by Gasteiger charge is -2.04. The minimum atomic E-state index is 0.847. The van der Waals surface area contributed by atoms with Crippen molar-refractivity contribution in [1.29, 1.82) is 0 Å². The molecule has 0 atom stereocenters. The van der Waals surface area contributed by atoms with Crippen molar-refractivity contribution in [2.24, 2.45) is 0 Å². The van der Waals surface area contributed by atoms with Gasteiger partial charge in [-0.1, -0.05) is 60.7 Å². The van der Waals surface area contributed by atoms with E-state index < -0.39 is 0 Å². The maximum absolute atomic E-state index is 5.53. The number of hydrogen-bond acceptors (Lipinski definition) is 1. The van der Waals surface area contributed by atoms with Gasteiger partial charge in [-0.25, -0.2) is 0 Å². The highest BCUT2D eigenvalue weighted by molar-refractivity contribution is 5.85. The largest absolute Gasteiger partial charge is 0.463 e. The summed E-state index contributed by atoms with van der Waals surface area (Å²) in [5.41, 5.74) is 5.63. The van der Waals surface area contributed by atoms with E-state index in [-0.39, 0.29) is 0 Å². The van der Waals surface area contributed by atoms with Gasteiger partial charge in [0.15, 0.2) is 0 Å². The van der Waals surface area contributed by atoms with E-state index in [1.807, 2.05) is 24.3 Å². The van der Waals surface area contributed by atoms with Crippen LogP contribution in [0.4, 0.5) is 0 Å². The van der Waals surface area contributed by atoms with Crippen LogP contribution in [0.3, 0.4) is 0 Å². The summed E-state index contributed by atoms with van der Waals surface area (Å²) < 4.78 is 5.53. The summed E-state index contributed by atoms with van der Waals surface area (Å²) >= 11 is 0. The Labute approximate surface area is 129 Å². The van der Waals surface area contributed by atoms with Crippen LogP contribution in [0.5, 0.6) is 0 Å². The molecule has 0 radical (unpaired) electrons. The van der Waals surface area contributed by atoms with Crippen molar-refractivity contribution in [2.75, 3.05) is 0 Å². The lowest BCUT2D eigenvalue weighted by Crippen LogP contribution is -1.81. The molecule has 2 aromatic heterocycles. The van der Waals surface area contributed by atoms with Crippen molar-refractivity contribution in [3.63, 3.8) is 0 Å². The molecule has 0 saturated carbocycles. The quantitative estimate of drug-likeness (QED) is 0.521. The van der Waals surface area contributed by atoms with Crippen molar-refractivity contribution in [3.05, 3.63) is 85.1 Å². The van der Waals surface area contributed by atoms with E-state index in [2.05, 4.69) is 59.6 Å². The lowest BCUT2D eigenvalue weighted by atomic mass is 10.0. The van der Waals surface area contributed by atoms with E-state index in [9.17, 15) is 0 Å². The zero-order valence-electron chi connectivity index (χ0n) is 12.0. The van der Waals surface area contributed by atoms with Gasteiger partial charge in [-0.3, -0.25) is 0 Å². The van der Waals surface area contributed by atoms with Crippen LogP contribution in [0.1, 0.15) is 0 Å². The molecule has 0 amide bonds. The molecule has 4 rings (SSSR count). The first-order valence-electron chi connectivity index (χ1n) is 7.29. The fraction of sp³-hybridized carbons (Fsp3) is 0. The smallest absolute Gasteiger partial charge is 0.150 e. The Hall–Kier alpha value is -3.00. The van der Waals surface area contributed by atoms with Crippen LogP contribution in [-0.2, 0) is 0 Å². The minimum Gasteiger partial charge on any atom is -0.463 e. The van der Waals surface area contributed by atoms with E-state index in [1.165, 1.54) is 16.7 Å². The standard InChI is InChI=1S/C20H15NO/c1-3-8-15(9-4-1)17-14-18(19-12-7-13-22-19)21-20(17)16-10-5-2-6-11-16/h1-14,21H. The summed E-state index contributed by atoms with van der Waals surface area (Å²) in [7, 11) is 0. The van der Waals surface area contributed by atoms with Crippen LogP contribution in [0.2, 0.25) is 0 Å². The molecule has 106 valence electrons. The number of furan rings is 1. The Morgan fingerprint density at radius 3 is 2.00 bits per heavy atom. The average molecular weight is 285 g/mol. The van der Waals surface area contributed by atoms with Crippen molar-refractivity contribution in [2.45, 2.75) is 0 Å². The predicted octanol–water partition coefficient (Wildman–Crippen LogP) is 5.61. The number of hydrogen-bond donors (Lipinski definition) is 1. The van der Waals surface area contributed by atoms with Crippen LogP contribution < -0.4 is 0 Å². The Kier molecular flexibility index (Phi) is 3.13. The van der Waals surface area contributed by atoms with E-state index in [0.29, 0.717) is 0 Å². The van der Waals surface area contributed by atoms with Gasteiger partial charge in [0.25, 0.3) is 0 Å². The topological polar surface area (TPSA) is 28.9 Å². The van der Waals surface area contributed by atoms with Gasteiger partial charge in [0.2, 0.25) is 0 Å². The van der Waals surface area contributed by atoms with Crippen LogP contribution in [0.15, 0.2) is 89.5 Å². The summed E-state index contributed by atoms with van der Waals surface area (Å²) in [5, 5.41) is 0. The highest BCUT2D eigenvalue weighted by Crippen LogP contribution is 2.35. The molecule has 2 aromatic carbocycles. The highest BCUT2D eigenvalue weighted by Gasteiger charge is 2.14. The molecule has 4 aromatic rings. The maximum Gasteiger partial charge on any atom is 0.150 e. The molecule has 2 heterocycles. The van der Waals surface area contributed by atoms with Gasteiger partial charge in [0, 0.05) is 5.56 Å². The summed E-state index contributed by atoms with van der Waals surface area (Å²) in [5.74, 6) is 0.847. The Bertz CT molecular complexity index is 802. The molecular formula is C20H15NO. The molecule has 0 spiro atoms. The van der Waals surface area contributed by atoms with Crippen LogP contribution in [0, 0.1) is 0 Å². The minimum absolute atomic E-state index is 0.847. The summed E-state index contributed by atoms with van der Waals surface area (Å²) in [6.45, 7) is 0. The third-order valence-electron chi connectivity index (χ3n) is 3.75. The summed E-state index contributed by atoms with van der Waals surface area (Å²) in [4.78, 5) is 3.51. The van der Waals surface area contributed by atoms with Gasteiger partial charge < -0.3 is 9.40 Å². The Balaban J connectivity index is 1.92. The van der Waals surface area contributed by atoms with Gasteiger partial charge in [-0.05, 0) is 29.3 Å². The first-order chi connectivity index (χ1) is 10.9. The van der Waals surface area contributed by atoms with Crippen LogP contribution >= 0.6 is 0 Å². The first kappa shape index (κ1) is 12.7. The number of aromatic nitrogens is 1. The fourth-order valence-electron chi connectivity index (χ4n) is 2.70. The van der Waals surface area contributed by atoms with E-state index in [1.54, 1.807) is 6.26 Å². The molecule has 0 aliphatic rings. The van der Waals surface area contributed by atoms with Crippen molar-refractivity contribution < 1.29 is 4.42 Å². The van der Waals surface area contributed by atoms with Gasteiger partial charge in [-0.15, -0.1) is 0 Å². The van der Waals surface area contributed by atoms with E-state index in [4.69, 9.17) is 4.42 Å². The molecule has 2 nitrogen and oxygen atoms in total. The molecule has 0 saturated heterocycles. The normalized spacial score (nSPS) is 10.7. The number of nitrogens with one attached hydrogen (secondary N) is 1. The summed E-state index contributed by atoms with van der Waals surface area (Å²) in [6.07, 6.45) is 1.69. The SMILES string of the molecule is c1ccc(-c2cc(-c3ccco3)[nH]c2-c2ccccc2)cc1. The lowest BCUT2D eigenvalue weighted by molar-refractivity contribution is 0.580. The Morgan fingerprint density at radius 1 is 0.682 bits per heavy atom. The highest BCUT2D eigenvalue weighted by atomic mass is 16.3. The molecule has 0 aliphatic carbocycles. The third kappa shape index (κ3) is 2.25. The number of rotatable bonds is 3. The number of aromatic amines is 1. The number of benzene rings is 2. The molecule has 2 heteroatoms. The molecule has 22 heavy (non-hydrogen) atoms. The van der Waals surface area contributed by atoms with Gasteiger partial charge >= 0.3 is 0 Å². The third-order valence-corrected chi connectivity index (χ3v) is 3.75. The van der Waals surface area contributed by atoms with Crippen LogP contribution in [-0.4, -0.2) is 4.98 Å². The van der Waals surface area contributed by atoms with Crippen molar-refractivity contribution in [1.82, 2.24) is 4.98 Å². The molecule has 0 aliphatic heterocycles. The molecular weight excluding hydrogens is 270 g/mol. The van der Waals surface area contributed by atoms with Gasteiger partial charge in [-0.2, -0.15) is 0 Å². The second kappa shape index (κ2) is 5.41. The van der Waals surface area contributed by atoms with E-state index >= 15 is 0 Å². The molecule has 1 N–H and O–H groups in total. The zero-order valence-corrected chi connectivity index (χ0v) is 12.0. The monoisotopic (exact) mass is 285 g/mol. The number of H-pyrrole nitrogens is 1. The predicted molar refractivity (Wildman–Crippen MR) is 89.4 cm³/mol. The van der Waals surface area contributed by atoms with Gasteiger partial charge in [0.05, 0.1) is 17.7 Å². The molecule has 0 unspecified atom stereocenters. The van der Waals surface area contributed by atoms with E-state index in [0.717, 1.165) is 17.1 Å². The molecule has 0 bridgehead atoms. The molecule has 0 fully saturated rings. The second-order valence-electron chi connectivity index (χ2n) is 5.18. The van der Waals surface area contributed by atoms with Crippen molar-refractivity contribution in [3.8, 4) is 33.8 Å². The van der Waals surface area contributed by atoms with Crippen molar-refractivity contribution >= 4 is 0 Å². The second-order valence-corrected chi connectivity index (χ2v) is 5.18. The summed E-state index contributed by atoms with van der Waals surface area (Å²) in [6, 6.07) is 26.8. The maximum atomic E-state index is 5.53. The van der Waals surface area contributed by atoms with Gasteiger partial charge in [0.1, 0.15) is 5.76 Å². The first-order valence-corrected chi connectivity index (χ1v) is 7.29.